The lowest BCUT2D eigenvalue weighted by molar-refractivity contribution is 1.30. The Labute approximate surface area is 105 Å². The molecule has 5 N–H and O–H groups in total. The minimum atomic E-state index is 0.315. The number of benzene rings is 1. The number of nitrogens with zero attached hydrogens (tertiary/aromatic N) is 1. The van der Waals surface area contributed by atoms with Gasteiger partial charge in [-0.2, -0.15) is 0 Å². The normalized spacial score (nSPS) is 10.2. The third-order valence-electron chi connectivity index (χ3n) is 2.49. The van der Waals surface area contributed by atoms with Crippen LogP contribution in [0.3, 0.4) is 0 Å². The van der Waals surface area contributed by atoms with Gasteiger partial charge in [0.15, 0.2) is 0 Å². The molecule has 4 nitrogen and oxygen atoms in total. The number of nitrogen functional groups attached to an aromatic ring is 2. The van der Waals surface area contributed by atoms with Gasteiger partial charge in [0, 0.05) is 10.7 Å². The van der Waals surface area contributed by atoms with Gasteiger partial charge < -0.3 is 16.8 Å². The second-order valence-electron chi connectivity index (χ2n) is 3.71. The fraction of sp³-hybridized carbons (Fsp3) is 0.0833. The van der Waals surface area contributed by atoms with E-state index in [4.69, 9.17) is 23.1 Å². The van der Waals surface area contributed by atoms with Gasteiger partial charge >= 0.3 is 0 Å². The molecule has 0 unspecified atom stereocenters. The average Bonchev–Trinajstić information content (AvgIpc) is 2.30. The molecule has 88 valence electrons. The summed E-state index contributed by atoms with van der Waals surface area (Å²) in [5.74, 6) is 0.955. The van der Waals surface area contributed by atoms with Crippen LogP contribution in [0, 0.1) is 6.92 Å². The summed E-state index contributed by atoms with van der Waals surface area (Å²) in [5, 5.41) is 3.86. The average molecular weight is 249 g/mol. The molecule has 0 aliphatic heterocycles. The molecule has 0 fully saturated rings. The number of anilines is 4. The molecule has 0 spiro atoms. The van der Waals surface area contributed by atoms with Gasteiger partial charge in [-0.1, -0.05) is 17.7 Å². The number of halogens is 1. The molecule has 0 aliphatic rings. The van der Waals surface area contributed by atoms with Crippen LogP contribution in [-0.4, -0.2) is 4.98 Å². The van der Waals surface area contributed by atoms with Crippen LogP contribution in [0.4, 0.5) is 23.0 Å². The molecule has 2 aromatic rings. The Kier molecular flexibility index (Phi) is 3.06. The van der Waals surface area contributed by atoms with Gasteiger partial charge in [-0.25, -0.2) is 4.98 Å². The number of hydrogen-bond donors (Lipinski definition) is 3. The Morgan fingerprint density at radius 3 is 2.65 bits per heavy atom. The molecule has 17 heavy (non-hydrogen) atoms. The van der Waals surface area contributed by atoms with E-state index in [1.165, 1.54) is 0 Å². The van der Waals surface area contributed by atoms with Crippen LogP contribution in [0.15, 0.2) is 30.3 Å². The lowest BCUT2D eigenvalue weighted by Gasteiger charge is -2.10. The molecule has 0 amide bonds. The van der Waals surface area contributed by atoms with Crippen molar-refractivity contribution in [3.8, 4) is 0 Å². The Morgan fingerprint density at radius 2 is 1.94 bits per heavy atom. The zero-order valence-electron chi connectivity index (χ0n) is 9.37. The third-order valence-corrected chi connectivity index (χ3v) is 2.90. The first-order chi connectivity index (χ1) is 8.08. The molecule has 0 atom stereocenters. The number of nitrogens with two attached hydrogens (primary N) is 2. The first-order valence-corrected chi connectivity index (χ1v) is 5.50. The van der Waals surface area contributed by atoms with Crippen LogP contribution < -0.4 is 16.8 Å². The van der Waals surface area contributed by atoms with Crippen molar-refractivity contribution in [2.45, 2.75) is 6.92 Å². The lowest BCUT2D eigenvalue weighted by atomic mass is 10.2. The van der Waals surface area contributed by atoms with Gasteiger partial charge in [0.2, 0.25) is 0 Å². The highest BCUT2D eigenvalue weighted by atomic mass is 35.5. The van der Waals surface area contributed by atoms with Crippen molar-refractivity contribution in [3.63, 3.8) is 0 Å². The summed E-state index contributed by atoms with van der Waals surface area (Å²) >= 11 is 6.03. The number of hydrogen-bond acceptors (Lipinski definition) is 4. The SMILES string of the molecule is Cc1c(Cl)cccc1Nc1ccc(N)c(N)n1. The summed E-state index contributed by atoms with van der Waals surface area (Å²) in [6.07, 6.45) is 0. The quantitative estimate of drug-likeness (QED) is 0.764. The smallest absolute Gasteiger partial charge is 0.149 e. The fourth-order valence-electron chi connectivity index (χ4n) is 1.44. The molecule has 0 bridgehead atoms. The van der Waals surface area contributed by atoms with E-state index >= 15 is 0 Å². The zero-order valence-corrected chi connectivity index (χ0v) is 10.1. The molecule has 1 heterocycles. The molecule has 1 aromatic heterocycles. The highest BCUT2D eigenvalue weighted by Gasteiger charge is 2.04. The first-order valence-electron chi connectivity index (χ1n) is 5.12. The molecule has 5 heteroatoms. The van der Waals surface area contributed by atoms with Crippen molar-refractivity contribution in [1.29, 1.82) is 0 Å². The summed E-state index contributed by atoms with van der Waals surface area (Å²) in [4.78, 5) is 4.14. The third kappa shape index (κ3) is 2.42. The Morgan fingerprint density at radius 1 is 1.18 bits per heavy atom. The van der Waals surface area contributed by atoms with Crippen LogP contribution in [0.5, 0.6) is 0 Å². The molecule has 1 aromatic carbocycles. The Balaban J connectivity index is 2.31. The molecule has 2 rings (SSSR count). The van der Waals surface area contributed by atoms with Crippen molar-refractivity contribution in [2.75, 3.05) is 16.8 Å². The molecule has 0 radical (unpaired) electrons. The fourth-order valence-corrected chi connectivity index (χ4v) is 1.61. The predicted molar refractivity (Wildman–Crippen MR) is 72.5 cm³/mol. The van der Waals surface area contributed by atoms with Gasteiger partial charge in [0.05, 0.1) is 5.69 Å². The summed E-state index contributed by atoms with van der Waals surface area (Å²) < 4.78 is 0. The summed E-state index contributed by atoms with van der Waals surface area (Å²) in [6.45, 7) is 1.94. The van der Waals surface area contributed by atoms with E-state index in [9.17, 15) is 0 Å². The minimum Gasteiger partial charge on any atom is -0.396 e. The van der Waals surface area contributed by atoms with Gasteiger partial charge in [-0.3, -0.25) is 0 Å². The van der Waals surface area contributed by atoms with Crippen molar-refractivity contribution >= 4 is 34.6 Å². The lowest BCUT2D eigenvalue weighted by Crippen LogP contribution is -2.01. The van der Waals surface area contributed by atoms with E-state index in [0.29, 0.717) is 22.3 Å². The molecule has 0 saturated carbocycles. The maximum Gasteiger partial charge on any atom is 0.149 e. The number of rotatable bonds is 2. The Hall–Kier alpha value is -1.94. The highest BCUT2D eigenvalue weighted by molar-refractivity contribution is 6.31. The highest BCUT2D eigenvalue weighted by Crippen LogP contribution is 2.26. The second-order valence-corrected chi connectivity index (χ2v) is 4.12. The van der Waals surface area contributed by atoms with Crippen LogP contribution in [0.2, 0.25) is 5.02 Å². The second kappa shape index (κ2) is 4.51. The van der Waals surface area contributed by atoms with E-state index in [1.807, 2.05) is 25.1 Å². The van der Waals surface area contributed by atoms with E-state index in [-0.39, 0.29) is 0 Å². The van der Waals surface area contributed by atoms with Crippen molar-refractivity contribution in [3.05, 3.63) is 40.9 Å². The van der Waals surface area contributed by atoms with Crippen molar-refractivity contribution in [1.82, 2.24) is 4.98 Å². The van der Waals surface area contributed by atoms with Gasteiger partial charge in [0.1, 0.15) is 11.6 Å². The van der Waals surface area contributed by atoms with E-state index in [2.05, 4.69) is 10.3 Å². The monoisotopic (exact) mass is 248 g/mol. The summed E-state index contributed by atoms with van der Waals surface area (Å²) in [5.41, 5.74) is 13.6. The maximum atomic E-state index is 6.03. The van der Waals surface area contributed by atoms with Gasteiger partial charge in [-0.15, -0.1) is 0 Å². The van der Waals surface area contributed by atoms with E-state index in [1.54, 1.807) is 12.1 Å². The summed E-state index contributed by atoms with van der Waals surface area (Å²) in [7, 11) is 0. The van der Waals surface area contributed by atoms with E-state index in [0.717, 1.165) is 11.3 Å². The number of nitrogens with one attached hydrogen (secondary N) is 1. The van der Waals surface area contributed by atoms with E-state index < -0.39 is 0 Å². The molecule has 0 aliphatic carbocycles. The van der Waals surface area contributed by atoms with Crippen LogP contribution in [0.1, 0.15) is 5.56 Å². The summed E-state index contributed by atoms with van der Waals surface area (Å²) in [6, 6.07) is 9.12. The van der Waals surface area contributed by atoms with Crippen LogP contribution >= 0.6 is 11.6 Å². The Bertz CT molecular complexity index is 554. The number of pyridine rings is 1. The molecular weight excluding hydrogens is 236 g/mol. The van der Waals surface area contributed by atoms with Crippen molar-refractivity contribution in [2.24, 2.45) is 0 Å². The van der Waals surface area contributed by atoms with Gasteiger partial charge in [-0.05, 0) is 36.8 Å². The number of aromatic nitrogens is 1. The van der Waals surface area contributed by atoms with Crippen LogP contribution in [-0.2, 0) is 0 Å². The minimum absolute atomic E-state index is 0.315. The zero-order chi connectivity index (χ0) is 12.4. The predicted octanol–water partition coefficient (Wildman–Crippen LogP) is 2.95. The molecular formula is C12H13ClN4. The molecule has 0 saturated heterocycles. The first kappa shape index (κ1) is 11.5. The topological polar surface area (TPSA) is 77.0 Å². The van der Waals surface area contributed by atoms with Gasteiger partial charge in [0.25, 0.3) is 0 Å². The standard InChI is InChI=1S/C12H13ClN4/c1-7-8(13)3-2-4-10(7)16-11-6-5-9(14)12(15)17-11/h2-6H,14H2,1H3,(H3,15,16,17). The maximum absolute atomic E-state index is 6.03. The van der Waals surface area contributed by atoms with Crippen LogP contribution in [0.25, 0.3) is 0 Å². The van der Waals surface area contributed by atoms with Crippen molar-refractivity contribution < 1.29 is 0 Å². The largest absolute Gasteiger partial charge is 0.396 e.